The Morgan fingerprint density at radius 2 is 2.50 bits per heavy atom. The molecule has 40 valence electrons. The average Bonchev–Trinajstić information content (AvgIpc) is 2.14. The largest absolute Gasteiger partial charge is 0.355 e. The highest BCUT2D eigenvalue weighted by Gasteiger charge is 1.90. The van der Waals surface area contributed by atoms with E-state index in [1.54, 1.807) is 12.3 Å². The maximum Gasteiger partial charge on any atom is 0.101 e. The summed E-state index contributed by atoms with van der Waals surface area (Å²) >= 11 is 3.17. The number of nitriles is 1. The summed E-state index contributed by atoms with van der Waals surface area (Å²) in [5, 5.41) is 8.26. The van der Waals surface area contributed by atoms with E-state index in [1.807, 2.05) is 6.07 Å². The maximum atomic E-state index is 8.26. The van der Waals surface area contributed by atoms with Crippen LogP contribution in [-0.2, 0) is 0 Å². The molecule has 0 saturated carbocycles. The molecule has 0 unspecified atom stereocenters. The molecule has 1 heterocycles. The average molecular weight is 171 g/mol. The molecule has 0 aliphatic heterocycles. The van der Waals surface area contributed by atoms with Crippen LogP contribution in [0.3, 0.4) is 0 Å². The third kappa shape index (κ3) is 0.903. The first-order valence-corrected chi connectivity index (χ1v) is 2.86. The fourth-order valence-electron chi connectivity index (χ4n) is 0.431. The number of hydrogen-bond acceptors (Lipinski definition) is 1. The van der Waals surface area contributed by atoms with Crippen LogP contribution in [0.5, 0.6) is 0 Å². The van der Waals surface area contributed by atoms with Gasteiger partial charge in [-0.15, -0.1) is 0 Å². The quantitative estimate of drug-likeness (QED) is 0.633. The smallest absolute Gasteiger partial charge is 0.101 e. The van der Waals surface area contributed by atoms with Gasteiger partial charge in [0.1, 0.15) is 6.07 Å². The van der Waals surface area contributed by atoms with Gasteiger partial charge in [0.25, 0.3) is 0 Å². The number of nitrogens with zero attached hydrogens (tertiary/aromatic N) is 1. The second-order valence-electron chi connectivity index (χ2n) is 1.35. The lowest BCUT2D eigenvalue weighted by Crippen LogP contribution is -1.56. The summed E-state index contributed by atoms with van der Waals surface area (Å²) in [6.07, 6.45) is 1.64. The van der Waals surface area contributed by atoms with E-state index in [-0.39, 0.29) is 0 Å². The van der Waals surface area contributed by atoms with Crippen LogP contribution in [0.2, 0.25) is 0 Å². The number of aromatic amines is 1. The summed E-state index contributed by atoms with van der Waals surface area (Å²) in [4.78, 5) is 2.81. The highest BCUT2D eigenvalue weighted by atomic mass is 79.9. The van der Waals surface area contributed by atoms with E-state index in [0.29, 0.717) is 5.56 Å². The fourth-order valence-corrected chi connectivity index (χ4v) is 0.792. The van der Waals surface area contributed by atoms with Crippen LogP contribution in [0.1, 0.15) is 5.56 Å². The van der Waals surface area contributed by atoms with Gasteiger partial charge in [-0.2, -0.15) is 5.26 Å². The van der Waals surface area contributed by atoms with Crippen molar-refractivity contribution in [2.24, 2.45) is 0 Å². The zero-order valence-corrected chi connectivity index (χ0v) is 5.57. The van der Waals surface area contributed by atoms with E-state index in [0.717, 1.165) is 4.60 Å². The van der Waals surface area contributed by atoms with Gasteiger partial charge in [0.2, 0.25) is 0 Å². The lowest BCUT2D eigenvalue weighted by atomic mass is 10.4. The molecule has 0 bridgehead atoms. The molecule has 0 fully saturated rings. The van der Waals surface area contributed by atoms with Crippen molar-refractivity contribution in [3.63, 3.8) is 0 Å². The van der Waals surface area contributed by atoms with Crippen molar-refractivity contribution in [2.75, 3.05) is 0 Å². The van der Waals surface area contributed by atoms with Gasteiger partial charge in [-0.1, -0.05) is 0 Å². The van der Waals surface area contributed by atoms with Gasteiger partial charge >= 0.3 is 0 Å². The molecule has 0 atom stereocenters. The maximum absolute atomic E-state index is 8.26. The zero-order valence-electron chi connectivity index (χ0n) is 3.98. The van der Waals surface area contributed by atoms with Crippen LogP contribution in [0, 0.1) is 11.3 Å². The van der Waals surface area contributed by atoms with Crippen LogP contribution < -0.4 is 0 Å². The van der Waals surface area contributed by atoms with E-state index in [2.05, 4.69) is 20.9 Å². The van der Waals surface area contributed by atoms with Gasteiger partial charge in [0.05, 0.1) is 10.2 Å². The topological polar surface area (TPSA) is 39.6 Å². The van der Waals surface area contributed by atoms with Crippen LogP contribution in [0.4, 0.5) is 0 Å². The Hall–Kier alpha value is -0.750. The van der Waals surface area contributed by atoms with Crippen molar-refractivity contribution in [3.8, 4) is 6.07 Å². The molecule has 1 aromatic heterocycles. The summed E-state index contributed by atoms with van der Waals surface area (Å²) in [7, 11) is 0. The SMILES string of the molecule is N#Cc1c[nH]c(Br)c1. The van der Waals surface area contributed by atoms with Gasteiger partial charge in [-0.05, 0) is 22.0 Å². The van der Waals surface area contributed by atoms with Gasteiger partial charge in [0, 0.05) is 6.20 Å². The molecule has 0 aliphatic rings. The molecule has 0 radical (unpaired) electrons. The van der Waals surface area contributed by atoms with E-state index in [1.165, 1.54) is 0 Å². The Labute approximate surface area is 55.3 Å². The van der Waals surface area contributed by atoms with Crippen molar-refractivity contribution in [2.45, 2.75) is 0 Å². The summed E-state index contributed by atoms with van der Waals surface area (Å²) in [5.74, 6) is 0. The van der Waals surface area contributed by atoms with Crippen LogP contribution >= 0.6 is 15.9 Å². The van der Waals surface area contributed by atoms with Crippen molar-refractivity contribution >= 4 is 15.9 Å². The molecular formula is C5H3BrN2. The highest BCUT2D eigenvalue weighted by molar-refractivity contribution is 9.10. The monoisotopic (exact) mass is 170 g/mol. The molecule has 0 saturated heterocycles. The summed E-state index contributed by atoms with van der Waals surface area (Å²) < 4.78 is 0.842. The second kappa shape index (κ2) is 2.01. The number of aromatic nitrogens is 1. The summed E-state index contributed by atoms with van der Waals surface area (Å²) in [5.41, 5.74) is 0.650. The minimum absolute atomic E-state index is 0.650. The predicted molar refractivity (Wildman–Crippen MR) is 33.2 cm³/mol. The first-order valence-electron chi connectivity index (χ1n) is 2.07. The lowest BCUT2D eigenvalue weighted by Gasteiger charge is -1.67. The van der Waals surface area contributed by atoms with E-state index in [4.69, 9.17) is 5.26 Å². The van der Waals surface area contributed by atoms with Gasteiger partial charge in [-0.3, -0.25) is 0 Å². The molecule has 0 amide bonds. The molecule has 0 aliphatic carbocycles. The molecule has 1 N–H and O–H groups in total. The lowest BCUT2D eigenvalue weighted by molar-refractivity contribution is 1.36. The van der Waals surface area contributed by atoms with E-state index in [9.17, 15) is 0 Å². The third-order valence-corrected chi connectivity index (χ3v) is 1.23. The van der Waals surface area contributed by atoms with Crippen molar-refractivity contribution < 1.29 is 0 Å². The van der Waals surface area contributed by atoms with Crippen LogP contribution in [0.25, 0.3) is 0 Å². The Kier molecular flexibility index (Phi) is 1.36. The number of halogens is 1. The molecule has 8 heavy (non-hydrogen) atoms. The minimum Gasteiger partial charge on any atom is -0.355 e. The van der Waals surface area contributed by atoms with Crippen LogP contribution in [0.15, 0.2) is 16.9 Å². The van der Waals surface area contributed by atoms with Crippen LogP contribution in [-0.4, -0.2) is 4.98 Å². The predicted octanol–water partition coefficient (Wildman–Crippen LogP) is 1.65. The van der Waals surface area contributed by atoms with E-state index >= 15 is 0 Å². The fraction of sp³-hybridized carbons (Fsp3) is 0. The molecule has 0 aromatic carbocycles. The molecule has 0 spiro atoms. The Morgan fingerprint density at radius 1 is 1.75 bits per heavy atom. The highest BCUT2D eigenvalue weighted by Crippen LogP contribution is 2.07. The Bertz CT molecular complexity index is 221. The van der Waals surface area contributed by atoms with Gasteiger partial charge in [-0.25, -0.2) is 0 Å². The molecule has 1 aromatic rings. The van der Waals surface area contributed by atoms with Gasteiger partial charge in [0.15, 0.2) is 0 Å². The minimum atomic E-state index is 0.650. The molecule has 1 rings (SSSR count). The number of H-pyrrole nitrogens is 1. The summed E-state index contributed by atoms with van der Waals surface area (Å²) in [6, 6.07) is 3.71. The Morgan fingerprint density at radius 3 is 2.75 bits per heavy atom. The number of rotatable bonds is 0. The summed E-state index contributed by atoms with van der Waals surface area (Å²) in [6.45, 7) is 0. The first-order chi connectivity index (χ1) is 3.83. The normalized spacial score (nSPS) is 8.50. The number of nitrogens with one attached hydrogen (secondary N) is 1. The van der Waals surface area contributed by atoms with Crippen molar-refractivity contribution in [1.82, 2.24) is 4.98 Å². The first kappa shape index (κ1) is 5.39. The Balaban J connectivity index is 3.05. The van der Waals surface area contributed by atoms with Gasteiger partial charge < -0.3 is 4.98 Å². The molecular weight excluding hydrogens is 168 g/mol. The van der Waals surface area contributed by atoms with E-state index < -0.39 is 0 Å². The third-order valence-electron chi connectivity index (χ3n) is 0.777. The number of hydrogen-bond donors (Lipinski definition) is 1. The van der Waals surface area contributed by atoms with Crippen molar-refractivity contribution in [3.05, 3.63) is 22.4 Å². The second-order valence-corrected chi connectivity index (χ2v) is 2.20. The molecule has 2 nitrogen and oxygen atoms in total. The standard InChI is InChI=1S/C5H3BrN2/c6-5-1-4(2-7)3-8-5/h1,3,8H. The van der Waals surface area contributed by atoms with Crippen molar-refractivity contribution in [1.29, 1.82) is 5.26 Å². The molecule has 3 heteroatoms. The zero-order chi connectivity index (χ0) is 5.98.